The van der Waals surface area contributed by atoms with E-state index in [4.69, 9.17) is 4.74 Å². The molecule has 0 bridgehead atoms. The first kappa shape index (κ1) is 15.6. The minimum absolute atomic E-state index is 0.0780. The van der Waals surface area contributed by atoms with Gasteiger partial charge in [-0.3, -0.25) is 4.79 Å². The number of halogens is 1. The summed E-state index contributed by atoms with van der Waals surface area (Å²) in [7, 11) is 0. The van der Waals surface area contributed by atoms with Gasteiger partial charge in [0.25, 0.3) is 5.91 Å². The molecule has 1 N–H and O–H groups in total. The third-order valence-corrected chi connectivity index (χ3v) is 3.53. The summed E-state index contributed by atoms with van der Waals surface area (Å²) in [5.41, 5.74) is 2.42. The molecule has 0 fully saturated rings. The van der Waals surface area contributed by atoms with Crippen LogP contribution in [0.2, 0.25) is 0 Å². The minimum atomic E-state index is -0.157. The second kappa shape index (κ2) is 6.76. The first-order valence-corrected chi connectivity index (χ1v) is 7.59. The molecule has 0 heterocycles. The Labute approximate surface area is 133 Å². The molecule has 0 aliphatic carbocycles. The number of hydrogen-bond donors (Lipinski definition) is 1. The van der Waals surface area contributed by atoms with Gasteiger partial charge in [-0.1, -0.05) is 12.1 Å². The van der Waals surface area contributed by atoms with E-state index in [9.17, 15) is 4.79 Å². The van der Waals surface area contributed by atoms with E-state index in [-0.39, 0.29) is 12.0 Å². The zero-order valence-electron chi connectivity index (χ0n) is 12.3. The average Bonchev–Trinajstić information content (AvgIpc) is 2.42. The number of rotatable bonds is 4. The molecule has 2 rings (SSSR count). The molecule has 0 radical (unpaired) electrons. The lowest BCUT2D eigenvalue weighted by Gasteiger charge is -2.12. The Balaban J connectivity index is 2.18. The van der Waals surface area contributed by atoms with Gasteiger partial charge in [-0.25, -0.2) is 0 Å². The zero-order chi connectivity index (χ0) is 15.4. The Morgan fingerprint density at radius 2 is 1.95 bits per heavy atom. The van der Waals surface area contributed by atoms with Crippen molar-refractivity contribution < 1.29 is 9.53 Å². The highest BCUT2D eigenvalue weighted by Gasteiger charge is 2.10. The molecule has 2 aromatic rings. The maximum Gasteiger partial charge on any atom is 0.255 e. The van der Waals surface area contributed by atoms with Crippen molar-refractivity contribution in [1.29, 1.82) is 0 Å². The van der Waals surface area contributed by atoms with Gasteiger partial charge in [0.15, 0.2) is 0 Å². The third kappa shape index (κ3) is 4.33. The van der Waals surface area contributed by atoms with Gasteiger partial charge in [0, 0.05) is 10.0 Å². The van der Waals surface area contributed by atoms with Crippen LogP contribution in [-0.4, -0.2) is 12.0 Å². The van der Waals surface area contributed by atoms with E-state index in [2.05, 4.69) is 21.2 Å². The van der Waals surface area contributed by atoms with Crippen LogP contribution in [0.4, 0.5) is 5.69 Å². The summed E-state index contributed by atoms with van der Waals surface area (Å²) in [6, 6.07) is 13.0. The standard InChI is InChI=1S/C17H18BrNO2/c1-11(2)21-14-6-4-5-13(10-14)17(20)19-16-9-12(3)7-8-15(16)18/h4-11H,1-3H3,(H,19,20). The number of ether oxygens (including phenoxy) is 1. The first-order chi connectivity index (χ1) is 9.95. The monoisotopic (exact) mass is 347 g/mol. The van der Waals surface area contributed by atoms with Crippen LogP contribution in [0, 0.1) is 6.92 Å². The highest BCUT2D eigenvalue weighted by molar-refractivity contribution is 9.10. The lowest BCUT2D eigenvalue weighted by atomic mass is 10.2. The van der Waals surface area contributed by atoms with Gasteiger partial charge in [-0.2, -0.15) is 0 Å². The van der Waals surface area contributed by atoms with E-state index in [0.29, 0.717) is 11.3 Å². The van der Waals surface area contributed by atoms with Crippen LogP contribution < -0.4 is 10.1 Å². The first-order valence-electron chi connectivity index (χ1n) is 6.80. The topological polar surface area (TPSA) is 38.3 Å². The fraction of sp³-hybridized carbons (Fsp3) is 0.235. The van der Waals surface area contributed by atoms with Crippen molar-refractivity contribution >= 4 is 27.5 Å². The van der Waals surface area contributed by atoms with Crippen LogP contribution in [0.5, 0.6) is 5.75 Å². The van der Waals surface area contributed by atoms with E-state index in [1.54, 1.807) is 12.1 Å². The summed E-state index contributed by atoms with van der Waals surface area (Å²) in [5.74, 6) is 0.538. The van der Waals surface area contributed by atoms with Crippen LogP contribution >= 0.6 is 15.9 Å². The predicted octanol–water partition coefficient (Wildman–Crippen LogP) is 4.80. The van der Waals surface area contributed by atoms with Crippen molar-refractivity contribution in [2.24, 2.45) is 0 Å². The Hall–Kier alpha value is -1.81. The van der Waals surface area contributed by atoms with E-state index in [0.717, 1.165) is 15.7 Å². The van der Waals surface area contributed by atoms with Crippen molar-refractivity contribution in [3.8, 4) is 5.75 Å². The Morgan fingerprint density at radius 1 is 1.19 bits per heavy atom. The molecule has 4 heteroatoms. The lowest BCUT2D eigenvalue weighted by molar-refractivity contribution is 0.102. The number of amides is 1. The van der Waals surface area contributed by atoms with Crippen LogP contribution in [-0.2, 0) is 0 Å². The van der Waals surface area contributed by atoms with Crippen LogP contribution in [0.3, 0.4) is 0 Å². The highest BCUT2D eigenvalue weighted by atomic mass is 79.9. The van der Waals surface area contributed by atoms with E-state index >= 15 is 0 Å². The SMILES string of the molecule is Cc1ccc(Br)c(NC(=O)c2cccc(OC(C)C)c2)c1. The summed E-state index contributed by atoms with van der Waals surface area (Å²) in [5, 5.41) is 2.91. The number of aryl methyl sites for hydroxylation is 1. The van der Waals surface area contributed by atoms with Gasteiger partial charge >= 0.3 is 0 Å². The molecule has 0 aliphatic rings. The van der Waals surface area contributed by atoms with Crippen molar-refractivity contribution in [1.82, 2.24) is 0 Å². The molecule has 110 valence electrons. The number of hydrogen-bond acceptors (Lipinski definition) is 2. The van der Waals surface area contributed by atoms with Gasteiger partial charge < -0.3 is 10.1 Å². The largest absolute Gasteiger partial charge is 0.491 e. The molecule has 0 aliphatic heterocycles. The Kier molecular flexibility index (Phi) is 5.02. The fourth-order valence-corrected chi connectivity index (χ4v) is 2.26. The summed E-state index contributed by atoms with van der Waals surface area (Å²) < 4.78 is 6.47. The molecule has 21 heavy (non-hydrogen) atoms. The fourth-order valence-electron chi connectivity index (χ4n) is 1.91. The number of anilines is 1. The highest BCUT2D eigenvalue weighted by Crippen LogP contribution is 2.24. The molecule has 0 spiro atoms. The molecule has 3 nitrogen and oxygen atoms in total. The van der Waals surface area contributed by atoms with Crippen molar-refractivity contribution in [2.75, 3.05) is 5.32 Å². The molecule has 0 saturated carbocycles. The van der Waals surface area contributed by atoms with E-state index < -0.39 is 0 Å². The molecule has 1 amide bonds. The summed E-state index contributed by atoms with van der Waals surface area (Å²) >= 11 is 3.44. The van der Waals surface area contributed by atoms with Crippen molar-refractivity contribution in [3.05, 3.63) is 58.1 Å². The number of nitrogens with one attached hydrogen (secondary N) is 1. The van der Waals surface area contributed by atoms with Gasteiger partial charge in [0.05, 0.1) is 11.8 Å². The van der Waals surface area contributed by atoms with Crippen LogP contribution in [0.15, 0.2) is 46.9 Å². The summed E-state index contributed by atoms with van der Waals surface area (Å²) in [6.07, 6.45) is 0.0780. The third-order valence-electron chi connectivity index (χ3n) is 2.84. The lowest BCUT2D eigenvalue weighted by Crippen LogP contribution is -2.13. The summed E-state index contributed by atoms with van der Waals surface area (Å²) in [6.45, 7) is 5.90. The normalized spacial score (nSPS) is 10.5. The van der Waals surface area contributed by atoms with Crippen molar-refractivity contribution in [2.45, 2.75) is 26.9 Å². The van der Waals surface area contributed by atoms with Crippen LogP contribution in [0.1, 0.15) is 29.8 Å². The zero-order valence-corrected chi connectivity index (χ0v) is 13.9. The molecule has 0 aromatic heterocycles. The number of carbonyl (C=O) groups excluding carboxylic acids is 1. The molecule has 2 aromatic carbocycles. The average molecular weight is 348 g/mol. The van der Waals surface area contributed by atoms with Gasteiger partial charge in [-0.05, 0) is 72.6 Å². The smallest absolute Gasteiger partial charge is 0.255 e. The quantitative estimate of drug-likeness (QED) is 0.862. The van der Waals surface area contributed by atoms with E-state index in [1.807, 2.05) is 51.1 Å². The molecule has 0 unspecified atom stereocenters. The second-order valence-electron chi connectivity index (χ2n) is 5.13. The second-order valence-corrected chi connectivity index (χ2v) is 5.99. The maximum atomic E-state index is 12.3. The maximum absolute atomic E-state index is 12.3. The van der Waals surface area contributed by atoms with Crippen molar-refractivity contribution in [3.63, 3.8) is 0 Å². The molecular formula is C17H18BrNO2. The number of carbonyl (C=O) groups is 1. The Bertz CT molecular complexity index is 653. The molecular weight excluding hydrogens is 330 g/mol. The van der Waals surface area contributed by atoms with Gasteiger partial charge in [-0.15, -0.1) is 0 Å². The predicted molar refractivity (Wildman–Crippen MR) is 89.0 cm³/mol. The molecule has 0 atom stereocenters. The van der Waals surface area contributed by atoms with Crippen LogP contribution in [0.25, 0.3) is 0 Å². The van der Waals surface area contributed by atoms with Gasteiger partial charge in [0.2, 0.25) is 0 Å². The van der Waals surface area contributed by atoms with E-state index in [1.165, 1.54) is 0 Å². The molecule has 0 saturated heterocycles. The Morgan fingerprint density at radius 3 is 2.67 bits per heavy atom. The number of benzene rings is 2. The minimum Gasteiger partial charge on any atom is -0.491 e. The van der Waals surface area contributed by atoms with Gasteiger partial charge in [0.1, 0.15) is 5.75 Å². The summed E-state index contributed by atoms with van der Waals surface area (Å²) in [4.78, 5) is 12.3.